The van der Waals surface area contributed by atoms with E-state index in [4.69, 9.17) is 14.2 Å². The molecule has 0 unspecified atom stereocenters. The Morgan fingerprint density at radius 1 is 0.958 bits per heavy atom. The molecular formula is C19H19NO4. The molecule has 124 valence electrons. The molecule has 5 heteroatoms. The van der Waals surface area contributed by atoms with Crippen molar-refractivity contribution in [2.24, 2.45) is 0 Å². The lowest BCUT2D eigenvalue weighted by molar-refractivity contribution is -0.121. The monoisotopic (exact) mass is 325 g/mol. The highest BCUT2D eigenvalue weighted by Gasteiger charge is 2.56. The molecule has 3 heterocycles. The SMILES string of the molecule is CC.CN1C(=O)[C@@]2(COc3cc4c(cc32)OCO4)c2ccccc21. The first-order valence-electron chi connectivity index (χ1n) is 8.16. The predicted molar refractivity (Wildman–Crippen MR) is 90.0 cm³/mol. The standard InChI is InChI=1S/C17H13NO4.C2H6/c1-18-12-5-3-2-4-10(12)17(16(18)19)8-20-13-7-15-14(6-11(13)17)21-9-22-15;1-2/h2-7H,8-9H2,1H3;1-2H3/t17-;/m0./s1. The van der Waals surface area contributed by atoms with Crippen LogP contribution in [0.4, 0.5) is 5.69 Å². The van der Waals surface area contributed by atoms with Crippen LogP contribution < -0.4 is 19.1 Å². The molecule has 0 aliphatic carbocycles. The normalized spacial score (nSPS) is 22.0. The van der Waals surface area contributed by atoms with Gasteiger partial charge >= 0.3 is 0 Å². The van der Waals surface area contributed by atoms with Gasteiger partial charge in [-0.3, -0.25) is 4.79 Å². The smallest absolute Gasteiger partial charge is 0.245 e. The van der Waals surface area contributed by atoms with Crippen molar-refractivity contribution in [3.05, 3.63) is 47.5 Å². The maximum absolute atomic E-state index is 13.0. The summed E-state index contributed by atoms with van der Waals surface area (Å²) in [6.07, 6.45) is 0. The number of para-hydroxylation sites is 1. The van der Waals surface area contributed by atoms with Gasteiger partial charge in [0, 0.05) is 24.4 Å². The molecule has 2 aromatic rings. The van der Waals surface area contributed by atoms with Gasteiger partial charge in [0.15, 0.2) is 11.5 Å². The number of rotatable bonds is 0. The van der Waals surface area contributed by atoms with Crippen LogP contribution in [0.15, 0.2) is 36.4 Å². The van der Waals surface area contributed by atoms with Crippen LogP contribution in [0.1, 0.15) is 25.0 Å². The summed E-state index contributed by atoms with van der Waals surface area (Å²) in [5.74, 6) is 2.07. The highest BCUT2D eigenvalue weighted by atomic mass is 16.7. The van der Waals surface area contributed by atoms with Crippen molar-refractivity contribution in [1.82, 2.24) is 0 Å². The summed E-state index contributed by atoms with van der Waals surface area (Å²) in [4.78, 5) is 14.7. The van der Waals surface area contributed by atoms with Crippen molar-refractivity contribution in [2.45, 2.75) is 19.3 Å². The zero-order valence-corrected chi connectivity index (χ0v) is 14.0. The Labute approximate surface area is 140 Å². The lowest BCUT2D eigenvalue weighted by atomic mass is 9.77. The highest BCUT2D eigenvalue weighted by Crippen LogP contribution is 2.54. The number of benzene rings is 2. The number of anilines is 1. The number of hydrogen-bond acceptors (Lipinski definition) is 4. The number of amides is 1. The topological polar surface area (TPSA) is 48.0 Å². The van der Waals surface area contributed by atoms with Crippen LogP contribution in [0.2, 0.25) is 0 Å². The van der Waals surface area contributed by atoms with E-state index in [9.17, 15) is 4.79 Å². The maximum atomic E-state index is 13.0. The first-order chi connectivity index (χ1) is 11.7. The van der Waals surface area contributed by atoms with Crippen LogP contribution in [0, 0.1) is 0 Å². The maximum Gasteiger partial charge on any atom is 0.245 e. The third-order valence-electron chi connectivity index (χ3n) is 4.77. The number of carbonyl (C=O) groups excluding carboxylic acids is 1. The molecule has 0 N–H and O–H groups in total. The summed E-state index contributed by atoms with van der Waals surface area (Å²) < 4.78 is 16.7. The molecule has 0 saturated heterocycles. The van der Waals surface area contributed by atoms with Crippen LogP contribution in [-0.2, 0) is 10.2 Å². The van der Waals surface area contributed by atoms with Gasteiger partial charge in [-0.05, 0) is 17.7 Å². The molecule has 0 fully saturated rings. The molecule has 0 bridgehead atoms. The minimum absolute atomic E-state index is 0.0336. The Morgan fingerprint density at radius 2 is 1.67 bits per heavy atom. The van der Waals surface area contributed by atoms with E-state index in [-0.39, 0.29) is 12.7 Å². The number of fused-ring (bicyclic) bond motifs is 5. The van der Waals surface area contributed by atoms with Crippen molar-refractivity contribution < 1.29 is 19.0 Å². The lowest BCUT2D eigenvalue weighted by Crippen LogP contribution is -2.40. The van der Waals surface area contributed by atoms with Gasteiger partial charge in [0.2, 0.25) is 12.7 Å². The first kappa shape index (κ1) is 14.9. The summed E-state index contributed by atoms with van der Waals surface area (Å²) in [6.45, 7) is 4.51. The van der Waals surface area contributed by atoms with Crippen molar-refractivity contribution >= 4 is 11.6 Å². The van der Waals surface area contributed by atoms with Crippen molar-refractivity contribution in [1.29, 1.82) is 0 Å². The van der Waals surface area contributed by atoms with Crippen LogP contribution >= 0.6 is 0 Å². The van der Waals surface area contributed by atoms with E-state index in [1.165, 1.54) is 0 Å². The van der Waals surface area contributed by atoms with Gasteiger partial charge in [0.1, 0.15) is 17.8 Å². The molecule has 5 rings (SSSR count). The predicted octanol–water partition coefficient (Wildman–Crippen LogP) is 3.10. The zero-order chi connectivity index (χ0) is 16.9. The molecule has 3 aliphatic heterocycles. The summed E-state index contributed by atoms with van der Waals surface area (Å²) in [6, 6.07) is 11.6. The van der Waals surface area contributed by atoms with E-state index < -0.39 is 5.41 Å². The molecule has 0 aromatic heterocycles. The van der Waals surface area contributed by atoms with E-state index in [1.54, 1.807) is 11.9 Å². The van der Waals surface area contributed by atoms with Crippen LogP contribution in [-0.4, -0.2) is 26.4 Å². The molecule has 1 amide bonds. The minimum atomic E-state index is -0.776. The van der Waals surface area contributed by atoms with Gasteiger partial charge in [0.05, 0.1) is 0 Å². The second kappa shape index (κ2) is 5.16. The molecule has 0 radical (unpaired) electrons. The molecule has 2 aromatic carbocycles. The average Bonchev–Trinajstić information content (AvgIpc) is 3.29. The molecular weight excluding hydrogens is 306 g/mol. The molecule has 1 spiro atoms. The third kappa shape index (κ3) is 1.67. The van der Waals surface area contributed by atoms with Crippen molar-refractivity contribution in [3.63, 3.8) is 0 Å². The lowest BCUT2D eigenvalue weighted by Gasteiger charge is -2.21. The van der Waals surface area contributed by atoms with Gasteiger partial charge in [-0.1, -0.05) is 32.0 Å². The Bertz CT molecular complexity index is 832. The summed E-state index contributed by atoms with van der Waals surface area (Å²) in [5, 5.41) is 0. The molecule has 5 nitrogen and oxygen atoms in total. The minimum Gasteiger partial charge on any atom is -0.491 e. The number of nitrogens with zero attached hydrogens (tertiary/aromatic N) is 1. The fraction of sp³-hybridized carbons (Fsp3) is 0.316. The van der Waals surface area contributed by atoms with Gasteiger partial charge in [0.25, 0.3) is 0 Å². The number of hydrogen-bond donors (Lipinski definition) is 0. The number of ether oxygens (including phenoxy) is 3. The molecule has 1 atom stereocenters. The quantitative estimate of drug-likeness (QED) is 0.747. The van der Waals surface area contributed by atoms with Crippen LogP contribution in [0.3, 0.4) is 0 Å². The van der Waals surface area contributed by atoms with Gasteiger partial charge in [-0.2, -0.15) is 0 Å². The number of likely N-dealkylation sites (N-methyl/N-ethyl adjacent to an activating group) is 1. The van der Waals surface area contributed by atoms with Crippen LogP contribution in [0.25, 0.3) is 0 Å². The van der Waals surface area contributed by atoms with Crippen molar-refractivity contribution in [2.75, 3.05) is 25.3 Å². The second-order valence-corrected chi connectivity index (χ2v) is 5.78. The Kier molecular flexibility index (Phi) is 3.20. The van der Waals surface area contributed by atoms with E-state index in [1.807, 2.05) is 50.2 Å². The van der Waals surface area contributed by atoms with Gasteiger partial charge in [-0.25, -0.2) is 0 Å². The summed E-state index contributed by atoms with van der Waals surface area (Å²) >= 11 is 0. The van der Waals surface area contributed by atoms with Gasteiger partial charge in [-0.15, -0.1) is 0 Å². The molecule has 0 saturated carbocycles. The summed E-state index contributed by atoms with van der Waals surface area (Å²) in [5.41, 5.74) is 2.00. The Hall–Kier alpha value is -2.69. The van der Waals surface area contributed by atoms with E-state index >= 15 is 0 Å². The summed E-state index contributed by atoms with van der Waals surface area (Å²) in [7, 11) is 1.81. The molecule has 3 aliphatic rings. The zero-order valence-electron chi connectivity index (χ0n) is 14.0. The van der Waals surface area contributed by atoms with Crippen LogP contribution in [0.5, 0.6) is 17.2 Å². The average molecular weight is 325 g/mol. The fourth-order valence-corrected chi connectivity index (χ4v) is 3.68. The van der Waals surface area contributed by atoms with E-state index in [2.05, 4.69) is 0 Å². The largest absolute Gasteiger partial charge is 0.491 e. The highest BCUT2D eigenvalue weighted by molar-refractivity contribution is 6.11. The third-order valence-corrected chi connectivity index (χ3v) is 4.77. The first-order valence-corrected chi connectivity index (χ1v) is 8.16. The van der Waals surface area contributed by atoms with Crippen molar-refractivity contribution in [3.8, 4) is 17.2 Å². The van der Waals surface area contributed by atoms with E-state index in [0.29, 0.717) is 23.9 Å². The number of carbonyl (C=O) groups is 1. The van der Waals surface area contributed by atoms with E-state index in [0.717, 1.165) is 16.8 Å². The van der Waals surface area contributed by atoms with Gasteiger partial charge < -0.3 is 19.1 Å². The fourth-order valence-electron chi connectivity index (χ4n) is 3.68. The Morgan fingerprint density at radius 3 is 2.46 bits per heavy atom. The molecule has 24 heavy (non-hydrogen) atoms. The second-order valence-electron chi connectivity index (χ2n) is 5.78. The Balaban J connectivity index is 0.000000704.